The van der Waals surface area contributed by atoms with Gasteiger partial charge in [-0.05, 0) is 24.4 Å². The lowest BCUT2D eigenvalue weighted by Crippen LogP contribution is -2.44. The summed E-state index contributed by atoms with van der Waals surface area (Å²) in [5.41, 5.74) is -2.06. The molecule has 1 atom stereocenters. The molecule has 0 amide bonds. The van der Waals surface area contributed by atoms with E-state index in [2.05, 4.69) is 15.5 Å². The average Bonchev–Trinajstić information content (AvgIpc) is 3.10. The Labute approximate surface area is 110 Å². The molecule has 1 aliphatic rings. The van der Waals surface area contributed by atoms with Gasteiger partial charge >= 0.3 is 6.18 Å². The van der Waals surface area contributed by atoms with Gasteiger partial charge in [0.1, 0.15) is 0 Å². The lowest BCUT2D eigenvalue weighted by atomic mass is 9.86. The van der Waals surface area contributed by atoms with Crippen LogP contribution in [0.4, 0.5) is 13.2 Å². The first-order valence-corrected chi connectivity index (χ1v) is 6.56. The minimum atomic E-state index is -4.41. The highest BCUT2D eigenvalue weighted by molar-refractivity contribution is 7.13. The molecule has 0 aromatic carbocycles. The second-order valence-corrected chi connectivity index (χ2v) is 5.35. The van der Waals surface area contributed by atoms with Crippen molar-refractivity contribution in [3.8, 4) is 10.7 Å². The molecule has 1 aliphatic heterocycles. The lowest BCUT2D eigenvalue weighted by molar-refractivity contribution is -0.191. The number of nitrogens with zero attached hydrogens (tertiary/aromatic N) is 2. The first-order valence-electron chi connectivity index (χ1n) is 5.68. The minimum Gasteiger partial charge on any atom is -0.338 e. The highest BCUT2D eigenvalue weighted by Gasteiger charge is 2.61. The molecule has 1 saturated heterocycles. The van der Waals surface area contributed by atoms with Gasteiger partial charge in [-0.2, -0.15) is 18.2 Å². The van der Waals surface area contributed by atoms with Crippen LogP contribution < -0.4 is 5.32 Å². The molecule has 102 valence electrons. The molecule has 0 aliphatic carbocycles. The van der Waals surface area contributed by atoms with Gasteiger partial charge in [0, 0.05) is 6.54 Å². The Morgan fingerprint density at radius 3 is 2.84 bits per heavy atom. The Balaban J connectivity index is 2.01. The van der Waals surface area contributed by atoms with Crippen molar-refractivity contribution in [1.29, 1.82) is 0 Å². The number of nitrogens with one attached hydrogen (secondary N) is 1. The Kier molecular flexibility index (Phi) is 2.86. The third-order valence-electron chi connectivity index (χ3n) is 3.27. The summed E-state index contributed by atoms with van der Waals surface area (Å²) >= 11 is 1.36. The number of aromatic nitrogens is 2. The second kappa shape index (κ2) is 4.31. The highest BCUT2D eigenvalue weighted by atomic mass is 32.1. The van der Waals surface area contributed by atoms with Crippen LogP contribution in [-0.4, -0.2) is 29.4 Å². The third-order valence-corrected chi connectivity index (χ3v) is 4.14. The molecule has 8 heteroatoms. The van der Waals surface area contributed by atoms with Crippen molar-refractivity contribution in [2.75, 3.05) is 13.1 Å². The van der Waals surface area contributed by atoms with E-state index in [4.69, 9.17) is 4.52 Å². The molecule has 2 aromatic heterocycles. The molecule has 0 saturated carbocycles. The van der Waals surface area contributed by atoms with Crippen LogP contribution in [-0.2, 0) is 5.41 Å². The zero-order valence-corrected chi connectivity index (χ0v) is 10.5. The van der Waals surface area contributed by atoms with Gasteiger partial charge in [-0.25, -0.2) is 0 Å². The van der Waals surface area contributed by atoms with Gasteiger partial charge in [0.05, 0.1) is 4.88 Å². The fourth-order valence-electron chi connectivity index (χ4n) is 2.16. The largest absolute Gasteiger partial charge is 0.404 e. The number of thiophene rings is 1. The maximum Gasteiger partial charge on any atom is 0.404 e. The molecule has 0 spiro atoms. The van der Waals surface area contributed by atoms with Crippen LogP contribution in [0, 0.1) is 0 Å². The van der Waals surface area contributed by atoms with Gasteiger partial charge in [0.15, 0.2) is 5.41 Å². The fraction of sp³-hybridized carbons (Fsp3) is 0.455. The summed E-state index contributed by atoms with van der Waals surface area (Å²) in [7, 11) is 0. The Hall–Kier alpha value is -1.41. The molecular weight excluding hydrogens is 279 g/mol. The first-order chi connectivity index (χ1) is 9.03. The molecular formula is C11H10F3N3OS. The number of hydrogen-bond acceptors (Lipinski definition) is 5. The summed E-state index contributed by atoms with van der Waals surface area (Å²) in [5.74, 6) is -0.145. The van der Waals surface area contributed by atoms with Crippen LogP contribution in [0.1, 0.15) is 12.3 Å². The van der Waals surface area contributed by atoms with Crippen molar-refractivity contribution in [1.82, 2.24) is 15.5 Å². The van der Waals surface area contributed by atoms with Crippen LogP contribution in [0.5, 0.6) is 0 Å². The molecule has 1 unspecified atom stereocenters. The molecule has 2 aromatic rings. The van der Waals surface area contributed by atoms with E-state index in [9.17, 15) is 13.2 Å². The van der Waals surface area contributed by atoms with Crippen molar-refractivity contribution >= 4 is 11.3 Å². The zero-order chi connectivity index (χ0) is 13.5. The van der Waals surface area contributed by atoms with Gasteiger partial charge in [0.25, 0.3) is 0 Å². The molecule has 3 rings (SSSR count). The summed E-state index contributed by atoms with van der Waals surface area (Å²) in [4.78, 5) is 4.64. The van der Waals surface area contributed by atoms with E-state index in [0.29, 0.717) is 4.88 Å². The molecule has 0 radical (unpaired) electrons. The van der Waals surface area contributed by atoms with E-state index in [1.807, 2.05) is 5.38 Å². The lowest BCUT2D eigenvalue weighted by Gasteiger charge is -2.26. The van der Waals surface area contributed by atoms with Crippen LogP contribution in [0.25, 0.3) is 10.7 Å². The van der Waals surface area contributed by atoms with Crippen molar-refractivity contribution in [2.24, 2.45) is 0 Å². The second-order valence-electron chi connectivity index (χ2n) is 4.41. The Bertz CT molecular complexity index is 558. The molecule has 1 N–H and O–H groups in total. The van der Waals surface area contributed by atoms with Crippen LogP contribution >= 0.6 is 11.3 Å². The summed E-state index contributed by atoms with van der Waals surface area (Å²) < 4.78 is 44.8. The predicted molar refractivity (Wildman–Crippen MR) is 62.8 cm³/mol. The van der Waals surface area contributed by atoms with E-state index in [-0.39, 0.29) is 31.2 Å². The van der Waals surface area contributed by atoms with Gasteiger partial charge < -0.3 is 9.84 Å². The van der Waals surface area contributed by atoms with Crippen molar-refractivity contribution in [2.45, 2.75) is 18.0 Å². The van der Waals surface area contributed by atoms with Gasteiger partial charge in [0.2, 0.25) is 11.7 Å². The van der Waals surface area contributed by atoms with Gasteiger partial charge in [-0.3, -0.25) is 0 Å². The summed E-state index contributed by atoms with van der Waals surface area (Å²) in [5, 5.41) is 8.18. The van der Waals surface area contributed by atoms with E-state index in [1.54, 1.807) is 12.1 Å². The maximum atomic E-state index is 13.3. The normalized spacial score (nSPS) is 23.9. The standard InChI is InChI=1S/C11H10F3N3OS/c12-11(13,14)10(3-4-15-6-10)9-16-8(17-18-9)7-2-1-5-19-7/h1-2,5,15H,3-4,6H2. The van der Waals surface area contributed by atoms with Gasteiger partial charge in [-0.1, -0.05) is 11.2 Å². The fourth-order valence-corrected chi connectivity index (χ4v) is 2.81. The monoisotopic (exact) mass is 289 g/mol. The summed E-state index contributed by atoms with van der Waals surface area (Å²) in [6.07, 6.45) is -4.49. The smallest absolute Gasteiger partial charge is 0.338 e. The van der Waals surface area contributed by atoms with Crippen molar-refractivity contribution in [3.63, 3.8) is 0 Å². The van der Waals surface area contributed by atoms with Crippen LogP contribution in [0.2, 0.25) is 0 Å². The number of alkyl halides is 3. The van der Waals surface area contributed by atoms with E-state index in [0.717, 1.165) is 0 Å². The predicted octanol–water partition coefficient (Wildman–Crippen LogP) is 2.59. The Morgan fingerprint density at radius 1 is 1.42 bits per heavy atom. The average molecular weight is 289 g/mol. The first kappa shape index (κ1) is 12.6. The van der Waals surface area contributed by atoms with Crippen LogP contribution in [0.15, 0.2) is 22.0 Å². The summed E-state index contributed by atoms with van der Waals surface area (Å²) in [6, 6.07) is 3.53. The van der Waals surface area contributed by atoms with E-state index >= 15 is 0 Å². The summed E-state index contributed by atoms with van der Waals surface area (Å²) in [6.45, 7) is 0.0683. The van der Waals surface area contributed by atoms with E-state index in [1.165, 1.54) is 11.3 Å². The quantitative estimate of drug-likeness (QED) is 0.923. The molecule has 19 heavy (non-hydrogen) atoms. The van der Waals surface area contributed by atoms with Crippen molar-refractivity contribution in [3.05, 3.63) is 23.4 Å². The number of rotatable bonds is 2. The maximum absolute atomic E-state index is 13.3. The molecule has 3 heterocycles. The third kappa shape index (κ3) is 1.95. The molecule has 1 fully saturated rings. The highest BCUT2D eigenvalue weighted by Crippen LogP contribution is 2.45. The topological polar surface area (TPSA) is 51.0 Å². The number of halogens is 3. The molecule has 0 bridgehead atoms. The minimum absolute atomic E-state index is 0.0808. The van der Waals surface area contributed by atoms with Crippen molar-refractivity contribution < 1.29 is 17.7 Å². The van der Waals surface area contributed by atoms with Crippen LogP contribution in [0.3, 0.4) is 0 Å². The number of hydrogen-bond donors (Lipinski definition) is 1. The van der Waals surface area contributed by atoms with E-state index < -0.39 is 11.6 Å². The Morgan fingerprint density at radius 2 is 2.26 bits per heavy atom. The molecule has 4 nitrogen and oxygen atoms in total. The SMILES string of the molecule is FC(F)(F)C1(c2nc(-c3cccs3)no2)CCNC1. The van der Waals surface area contributed by atoms with Gasteiger partial charge in [-0.15, -0.1) is 11.3 Å². The zero-order valence-electron chi connectivity index (χ0n) is 9.70.